The van der Waals surface area contributed by atoms with Crippen LogP contribution < -0.4 is 19.6 Å². The standard InChI is InChI=1S/C44H45N3O10/c1-3-42(49)55-26-9-8-25-54-37-17-13-33(14-18-37)43(50)56-27-22-32-12-21-40(36(28-32)30-45-47-41-29-35-10-4-5-11-39(35)46-41)57-44(51)34-15-19-38(20-16-34)53-24-7-6-23-52-31(2)48/h3-5,10-21,28-30,46-47H,1,6-9,22-27H2,2H3/b45-30+. The Labute approximate surface area is 330 Å². The van der Waals surface area contributed by atoms with Crippen LogP contribution in [-0.2, 0) is 30.2 Å². The summed E-state index contributed by atoms with van der Waals surface area (Å²) in [6, 6.07) is 28.4. The predicted octanol–water partition coefficient (Wildman–Crippen LogP) is 7.84. The molecule has 2 N–H and O–H groups in total. The highest BCUT2D eigenvalue weighted by Crippen LogP contribution is 2.23. The van der Waals surface area contributed by atoms with Gasteiger partial charge in [-0.25, -0.2) is 14.4 Å². The largest absolute Gasteiger partial charge is 0.494 e. The fourth-order valence-electron chi connectivity index (χ4n) is 5.37. The Hall–Kier alpha value is -6.89. The first-order valence-corrected chi connectivity index (χ1v) is 18.5. The zero-order valence-corrected chi connectivity index (χ0v) is 31.7. The van der Waals surface area contributed by atoms with Crippen molar-refractivity contribution >= 4 is 46.8 Å². The molecule has 1 heterocycles. The molecule has 0 spiro atoms. The molecule has 1 aromatic heterocycles. The summed E-state index contributed by atoms with van der Waals surface area (Å²) in [5.74, 6) is 0.377. The van der Waals surface area contributed by atoms with Crippen molar-refractivity contribution in [2.75, 3.05) is 38.5 Å². The topological polar surface area (TPSA) is 164 Å². The van der Waals surface area contributed by atoms with Gasteiger partial charge < -0.3 is 33.4 Å². The number of rotatable bonds is 22. The molecule has 0 amide bonds. The minimum absolute atomic E-state index is 0.108. The first-order valence-electron chi connectivity index (χ1n) is 18.5. The lowest BCUT2D eigenvalue weighted by Gasteiger charge is -2.11. The number of hydrogen-bond acceptors (Lipinski definition) is 12. The number of H-pyrrole nitrogens is 1. The van der Waals surface area contributed by atoms with Crippen molar-refractivity contribution in [2.45, 2.75) is 39.0 Å². The number of fused-ring (bicyclic) bond motifs is 1. The Kier molecular flexibility index (Phi) is 15.8. The van der Waals surface area contributed by atoms with E-state index in [2.05, 4.69) is 22.1 Å². The molecule has 0 bridgehead atoms. The van der Waals surface area contributed by atoms with Gasteiger partial charge in [-0.2, -0.15) is 5.10 Å². The van der Waals surface area contributed by atoms with Crippen LogP contribution in [0.15, 0.2) is 115 Å². The molecule has 0 unspecified atom stereocenters. The second kappa shape index (κ2) is 21.9. The van der Waals surface area contributed by atoms with Gasteiger partial charge in [0.15, 0.2) is 0 Å². The number of unbranched alkanes of at least 4 members (excludes halogenated alkanes) is 2. The predicted molar refractivity (Wildman–Crippen MR) is 215 cm³/mol. The van der Waals surface area contributed by atoms with Crippen LogP contribution in [0.2, 0.25) is 0 Å². The molecule has 4 aromatic carbocycles. The van der Waals surface area contributed by atoms with Gasteiger partial charge in [0.05, 0.1) is 50.4 Å². The average Bonchev–Trinajstić information content (AvgIpc) is 3.64. The molecule has 13 nitrogen and oxygen atoms in total. The third kappa shape index (κ3) is 13.7. The smallest absolute Gasteiger partial charge is 0.343 e. The van der Waals surface area contributed by atoms with E-state index in [1.165, 1.54) is 6.92 Å². The number of hydrazone groups is 1. The van der Waals surface area contributed by atoms with Gasteiger partial charge in [-0.05, 0) is 104 Å². The third-order valence-electron chi connectivity index (χ3n) is 8.33. The molecule has 5 aromatic rings. The zero-order chi connectivity index (χ0) is 40.2. The summed E-state index contributed by atoms with van der Waals surface area (Å²) in [6.07, 6.45) is 5.82. The quantitative estimate of drug-likeness (QED) is 0.0134. The van der Waals surface area contributed by atoms with Crippen LogP contribution in [0.5, 0.6) is 17.2 Å². The van der Waals surface area contributed by atoms with E-state index in [1.54, 1.807) is 66.9 Å². The van der Waals surface area contributed by atoms with Crippen molar-refractivity contribution in [1.82, 2.24) is 4.98 Å². The lowest BCUT2D eigenvalue weighted by atomic mass is 10.1. The van der Waals surface area contributed by atoms with Crippen molar-refractivity contribution in [3.05, 3.63) is 132 Å². The van der Waals surface area contributed by atoms with Crippen LogP contribution >= 0.6 is 0 Å². The Morgan fingerprint density at radius 3 is 1.98 bits per heavy atom. The fraction of sp³-hybridized carbons (Fsp3) is 0.250. The average molecular weight is 776 g/mol. The normalized spacial score (nSPS) is 10.8. The summed E-state index contributed by atoms with van der Waals surface area (Å²) in [4.78, 5) is 51.2. The zero-order valence-electron chi connectivity index (χ0n) is 31.7. The van der Waals surface area contributed by atoms with Gasteiger partial charge in [-0.3, -0.25) is 10.2 Å². The molecule has 0 aliphatic heterocycles. The second-order valence-corrected chi connectivity index (χ2v) is 12.7. The van der Waals surface area contributed by atoms with E-state index < -0.39 is 17.9 Å². The minimum atomic E-state index is -0.564. The van der Waals surface area contributed by atoms with Gasteiger partial charge in [0.25, 0.3) is 0 Å². The SMILES string of the molecule is C=CC(=O)OCCCCOc1ccc(C(=O)OCCc2ccc(OC(=O)c3ccc(OCCCCOC(C)=O)cc3)c(/C=N/Nc3cc4ccccc4[nH]3)c2)cc1. The number of nitrogens with one attached hydrogen (secondary N) is 2. The lowest BCUT2D eigenvalue weighted by molar-refractivity contribution is -0.141. The number of para-hydroxylation sites is 1. The van der Waals surface area contributed by atoms with Crippen molar-refractivity contribution in [1.29, 1.82) is 0 Å². The number of esters is 4. The Balaban J connectivity index is 1.16. The number of anilines is 1. The summed E-state index contributed by atoms with van der Waals surface area (Å²) < 4.78 is 32.7. The van der Waals surface area contributed by atoms with E-state index in [9.17, 15) is 19.2 Å². The number of aromatic amines is 1. The maximum Gasteiger partial charge on any atom is 0.343 e. The number of hydrogen-bond donors (Lipinski definition) is 2. The van der Waals surface area contributed by atoms with Gasteiger partial charge in [-0.1, -0.05) is 30.8 Å². The fourth-order valence-corrected chi connectivity index (χ4v) is 5.37. The molecule has 13 heteroatoms. The maximum atomic E-state index is 13.2. The Morgan fingerprint density at radius 2 is 1.33 bits per heavy atom. The van der Waals surface area contributed by atoms with Gasteiger partial charge in [-0.15, -0.1) is 0 Å². The summed E-state index contributed by atoms with van der Waals surface area (Å²) >= 11 is 0. The molecule has 5 rings (SSSR count). The van der Waals surface area contributed by atoms with E-state index in [4.69, 9.17) is 28.4 Å². The Morgan fingerprint density at radius 1 is 0.702 bits per heavy atom. The minimum Gasteiger partial charge on any atom is -0.494 e. The van der Waals surface area contributed by atoms with Crippen LogP contribution in [0.4, 0.5) is 5.82 Å². The van der Waals surface area contributed by atoms with E-state index in [1.807, 2.05) is 36.4 Å². The van der Waals surface area contributed by atoms with E-state index in [-0.39, 0.29) is 18.3 Å². The summed E-state index contributed by atoms with van der Waals surface area (Å²) in [6.45, 7) is 6.36. The molecule has 0 aliphatic carbocycles. The number of benzene rings is 4. The van der Waals surface area contributed by atoms with Crippen LogP contribution in [0.1, 0.15) is 64.4 Å². The van der Waals surface area contributed by atoms with Crippen LogP contribution in [0.25, 0.3) is 10.9 Å². The van der Waals surface area contributed by atoms with Crippen LogP contribution in [0, 0.1) is 0 Å². The first-order chi connectivity index (χ1) is 27.8. The van der Waals surface area contributed by atoms with Crippen molar-refractivity contribution in [2.24, 2.45) is 5.10 Å². The van der Waals surface area contributed by atoms with E-state index >= 15 is 0 Å². The second-order valence-electron chi connectivity index (χ2n) is 12.7. The summed E-state index contributed by atoms with van der Waals surface area (Å²) in [5.41, 5.74) is 6.02. The molecule has 0 aliphatic rings. The van der Waals surface area contributed by atoms with Crippen molar-refractivity contribution in [3.63, 3.8) is 0 Å². The molecule has 0 fully saturated rings. The molecular weight excluding hydrogens is 730 g/mol. The lowest BCUT2D eigenvalue weighted by Crippen LogP contribution is -2.11. The summed E-state index contributed by atoms with van der Waals surface area (Å²) in [5, 5.41) is 5.42. The maximum absolute atomic E-state index is 13.2. The number of carbonyl (C=O) groups is 4. The molecule has 0 saturated heterocycles. The molecule has 296 valence electrons. The summed E-state index contributed by atoms with van der Waals surface area (Å²) in [7, 11) is 0. The van der Waals surface area contributed by atoms with Gasteiger partial charge in [0, 0.05) is 35.9 Å². The molecule has 0 atom stereocenters. The third-order valence-corrected chi connectivity index (χ3v) is 8.33. The van der Waals surface area contributed by atoms with E-state index in [0.29, 0.717) is 92.5 Å². The number of carbonyl (C=O) groups excluding carboxylic acids is 4. The number of ether oxygens (including phenoxy) is 6. The van der Waals surface area contributed by atoms with Crippen LogP contribution in [0.3, 0.4) is 0 Å². The first kappa shape index (κ1) is 41.3. The van der Waals surface area contributed by atoms with Gasteiger partial charge in [0.2, 0.25) is 0 Å². The molecule has 0 radical (unpaired) electrons. The number of aromatic nitrogens is 1. The van der Waals surface area contributed by atoms with Crippen molar-refractivity contribution < 1.29 is 47.6 Å². The van der Waals surface area contributed by atoms with Gasteiger partial charge >= 0.3 is 23.9 Å². The molecule has 57 heavy (non-hydrogen) atoms. The van der Waals surface area contributed by atoms with E-state index in [0.717, 1.165) is 22.5 Å². The van der Waals surface area contributed by atoms with Gasteiger partial charge in [0.1, 0.15) is 23.1 Å². The molecular formula is C44H45N3O10. The Bertz CT molecular complexity index is 2110. The highest BCUT2D eigenvalue weighted by atomic mass is 16.5. The van der Waals surface area contributed by atoms with Crippen molar-refractivity contribution in [3.8, 4) is 17.2 Å². The number of nitrogens with zero attached hydrogens (tertiary/aromatic N) is 1. The molecule has 0 saturated carbocycles. The highest BCUT2D eigenvalue weighted by molar-refractivity contribution is 5.93. The highest BCUT2D eigenvalue weighted by Gasteiger charge is 2.14. The van der Waals surface area contributed by atoms with Crippen LogP contribution in [-0.4, -0.2) is 68.1 Å². The monoisotopic (exact) mass is 775 g/mol.